The molecule has 0 radical (unpaired) electrons. The van der Waals surface area contributed by atoms with Gasteiger partial charge in [-0.1, -0.05) is 23.2 Å². The summed E-state index contributed by atoms with van der Waals surface area (Å²) in [7, 11) is 0. The first-order valence-corrected chi connectivity index (χ1v) is 5.68. The zero-order chi connectivity index (χ0) is 13.1. The molecular formula is C13H6Cl2FNO. The van der Waals surface area contributed by atoms with Crippen LogP contribution >= 0.6 is 23.2 Å². The quantitative estimate of drug-likeness (QED) is 0.792. The molecular weight excluding hydrogens is 276 g/mol. The highest BCUT2D eigenvalue weighted by molar-refractivity contribution is 6.35. The molecule has 2 nitrogen and oxygen atoms in total. The fourth-order valence-corrected chi connectivity index (χ4v) is 1.78. The van der Waals surface area contributed by atoms with Crippen LogP contribution in [0.15, 0.2) is 36.4 Å². The molecule has 2 aromatic rings. The van der Waals surface area contributed by atoms with Crippen molar-refractivity contribution in [3.05, 3.63) is 57.8 Å². The molecule has 0 atom stereocenters. The van der Waals surface area contributed by atoms with E-state index in [9.17, 15) is 4.39 Å². The van der Waals surface area contributed by atoms with Gasteiger partial charge in [0.2, 0.25) is 0 Å². The number of hydrogen-bond donors (Lipinski definition) is 0. The second kappa shape index (κ2) is 5.26. The number of benzene rings is 2. The third kappa shape index (κ3) is 2.73. The van der Waals surface area contributed by atoms with Gasteiger partial charge in [-0.05, 0) is 30.3 Å². The Kier molecular flexibility index (Phi) is 3.71. The van der Waals surface area contributed by atoms with Gasteiger partial charge < -0.3 is 4.74 Å². The Labute approximate surface area is 113 Å². The molecule has 0 N–H and O–H groups in total. The number of ether oxygens (including phenoxy) is 1. The largest absolute Gasteiger partial charge is 0.456 e. The zero-order valence-corrected chi connectivity index (χ0v) is 10.5. The number of nitrogens with zero attached hydrogens (tertiary/aromatic N) is 1. The summed E-state index contributed by atoms with van der Waals surface area (Å²) in [5.74, 6) is -0.0130. The van der Waals surface area contributed by atoms with Crippen molar-refractivity contribution in [1.29, 1.82) is 5.26 Å². The molecule has 0 aliphatic heterocycles. The van der Waals surface area contributed by atoms with E-state index in [1.165, 1.54) is 18.2 Å². The van der Waals surface area contributed by atoms with Crippen molar-refractivity contribution in [1.82, 2.24) is 0 Å². The molecule has 0 aliphatic carbocycles. The van der Waals surface area contributed by atoms with Gasteiger partial charge in [-0.3, -0.25) is 0 Å². The molecule has 2 rings (SSSR count). The molecule has 0 heterocycles. The van der Waals surface area contributed by atoms with E-state index in [1.54, 1.807) is 18.2 Å². The van der Waals surface area contributed by atoms with Crippen LogP contribution in [-0.2, 0) is 0 Å². The average molecular weight is 282 g/mol. The fraction of sp³-hybridized carbons (Fsp3) is 0. The molecule has 0 aliphatic rings. The molecule has 0 aromatic heterocycles. The second-order valence-corrected chi connectivity index (χ2v) is 4.27. The number of rotatable bonds is 2. The van der Waals surface area contributed by atoms with E-state index in [1.807, 2.05) is 0 Å². The summed E-state index contributed by atoms with van der Waals surface area (Å²) in [6, 6.07) is 10.4. The standard InChI is InChI=1S/C13H6Cl2FNO/c14-9-2-4-13(11(15)5-9)18-10-3-1-8(7-17)12(16)6-10/h1-6H. The highest BCUT2D eigenvalue weighted by atomic mass is 35.5. The molecule has 90 valence electrons. The third-order valence-electron chi connectivity index (χ3n) is 2.18. The van der Waals surface area contributed by atoms with Crippen LogP contribution in [0.5, 0.6) is 11.5 Å². The Morgan fingerprint density at radius 2 is 1.89 bits per heavy atom. The minimum Gasteiger partial charge on any atom is -0.456 e. The Morgan fingerprint density at radius 1 is 1.11 bits per heavy atom. The van der Waals surface area contributed by atoms with Crippen molar-refractivity contribution in [2.45, 2.75) is 0 Å². The summed E-state index contributed by atoms with van der Waals surface area (Å²) in [5, 5.41) is 9.42. The second-order valence-electron chi connectivity index (χ2n) is 3.43. The van der Waals surface area contributed by atoms with Crippen molar-refractivity contribution in [2.24, 2.45) is 0 Å². The minimum absolute atomic E-state index is 0.0375. The lowest BCUT2D eigenvalue weighted by molar-refractivity contribution is 0.476. The first-order chi connectivity index (χ1) is 8.60. The molecule has 0 bridgehead atoms. The van der Waals surface area contributed by atoms with E-state index in [-0.39, 0.29) is 11.3 Å². The Bertz CT molecular complexity index is 637. The predicted octanol–water partition coefficient (Wildman–Crippen LogP) is 4.80. The lowest BCUT2D eigenvalue weighted by Crippen LogP contribution is -1.89. The lowest BCUT2D eigenvalue weighted by Gasteiger charge is -2.08. The summed E-state index contributed by atoms with van der Waals surface area (Å²) in [6.45, 7) is 0. The SMILES string of the molecule is N#Cc1ccc(Oc2ccc(Cl)cc2Cl)cc1F. The highest BCUT2D eigenvalue weighted by Gasteiger charge is 2.07. The van der Waals surface area contributed by atoms with Crippen LogP contribution in [0.3, 0.4) is 0 Å². The summed E-state index contributed by atoms with van der Waals surface area (Å²) in [6.07, 6.45) is 0. The number of nitriles is 1. The van der Waals surface area contributed by atoms with E-state index in [0.29, 0.717) is 15.8 Å². The van der Waals surface area contributed by atoms with Crippen LogP contribution in [0, 0.1) is 17.1 Å². The van der Waals surface area contributed by atoms with Crippen LogP contribution in [-0.4, -0.2) is 0 Å². The molecule has 18 heavy (non-hydrogen) atoms. The lowest BCUT2D eigenvalue weighted by atomic mass is 10.2. The highest BCUT2D eigenvalue weighted by Crippen LogP contribution is 2.31. The molecule has 5 heteroatoms. The maximum atomic E-state index is 13.4. The molecule has 0 unspecified atom stereocenters. The van der Waals surface area contributed by atoms with Crippen molar-refractivity contribution in [3.8, 4) is 17.6 Å². The summed E-state index contributed by atoms with van der Waals surface area (Å²) in [4.78, 5) is 0. The van der Waals surface area contributed by atoms with E-state index in [2.05, 4.69) is 0 Å². The first kappa shape index (κ1) is 12.7. The number of hydrogen-bond acceptors (Lipinski definition) is 2. The summed E-state index contributed by atoms with van der Waals surface area (Å²) < 4.78 is 18.8. The van der Waals surface area contributed by atoms with Gasteiger partial charge in [0.05, 0.1) is 10.6 Å². The van der Waals surface area contributed by atoms with E-state index in [4.69, 9.17) is 33.2 Å². The van der Waals surface area contributed by atoms with Gasteiger partial charge in [0, 0.05) is 11.1 Å². The van der Waals surface area contributed by atoms with Crippen molar-refractivity contribution < 1.29 is 9.13 Å². The Hall–Kier alpha value is -1.76. The van der Waals surface area contributed by atoms with Crippen LogP contribution in [0.25, 0.3) is 0 Å². The third-order valence-corrected chi connectivity index (χ3v) is 2.71. The van der Waals surface area contributed by atoms with Gasteiger partial charge in [-0.2, -0.15) is 5.26 Å². The minimum atomic E-state index is -0.639. The van der Waals surface area contributed by atoms with Crippen LogP contribution in [0.4, 0.5) is 4.39 Å². The monoisotopic (exact) mass is 281 g/mol. The van der Waals surface area contributed by atoms with Gasteiger partial charge in [0.15, 0.2) is 0 Å². The maximum absolute atomic E-state index is 13.4. The molecule has 2 aromatic carbocycles. The average Bonchev–Trinajstić information content (AvgIpc) is 2.33. The Morgan fingerprint density at radius 3 is 2.50 bits per heavy atom. The van der Waals surface area contributed by atoms with E-state index >= 15 is 0 Å². The summed E-state index contributed by atoms with van der Waals surface area (Å²) in [5.41, 5.74) is -0.0375. The normalized spacial score (nSPS) is 9.89. The van der Waals surface area contributed by atoms with Crippen molar-refractivity contribution >= 4 is 23.2 Å². The maximum Gasteiger partial charge on any atom is 0.146 e. The fourth-order valence-electron chi connectivity index (χ4n) is 1.33. The molecule has 0 spiro atoms. The van der Waals surface area contributed by atoms with Gasteiger partial charge in [-0.25, -0.2) is 4.39 Å². The van der Waals surface area contributed by atoms with Crippen molar-refractivity contribution in [2.75, 3.05) is 0 Å². The van der Waals surface area contributed by atoms with Crippen molar-refractivity contribution in [3.63, 3.8) is 0 Å². The first-order valence-electron chi connectivity index (χ1n) is 4.92. The topological polar surface area (TPSA) is 33.0 Å². The van der Waals surface area contributed by atoms with Gasteiger partial charge >= 0.3 is 0 Å². The van der Waals surface area contributed by atoms with Crippen LogP contribution in [0.2, 0.25) is 10.0 Å². The Balaban J connectivity index is 2.29. The van der Waals surface area contributed by atoms with Crippen LogP contribution in [0.1, 0.15) is 5.56 Å². The van der Waals surface area contributed by atoms with Gasteiger partial charge in [-0.15, -0.1) is 0 Å². The molecule has 0 saturated carbocycles. The zero-order valence-electron chi connectivity index (χ0n) is 8.95. The molecule has 0 fully saturated rings. The van der Waals surface area contributed by atoms with Gasteiger partial charge in [0.1, 0.15) is 23.4 Å². The molecule has 0 saturated heterocycles. The van der Waals surface area contributed by atoms with Crippen LogP contribution < -0.4 is 4.74 Å². The predicted molar refractivity (Wildman–Crippen MR) is 67.7 cm³/mol. The smallest absolute Gasteiger partial charge is 0.146 e. The van der Waals surface area contributed by atoms with Gasteiger partial charge in [0.25, 0.3) is 0 Å². The number of halogens is 3. The molecule has 0 amide bonds. The van der Waals surface area contributed by atoms with E-state index in [0.717, 1.165) is 6.07 Å². The summed E-state index contributed by atoms with van der Waals surface area (Å²) >= 11 is 11.7. The van der Waals surface area contributed by atoms with E-state index < -0.39 is 5.82 Å².